The van der Waals surface area contributed by atoms with Gasteiger partial charge < -0.3 is 24.4 Å². The van der Waals surface area contributed by atoms with E-state index < -0.39 is 47.2 Å². The van der Waals surface area contributed by atoms with Crippen molar-refractivity contribution < 1.29 is 33.7 Å². The summed E-state index contributed by atoms with van der Waals surface area (Å²) in [6, 6.07) is 8.20. The van der Waals surface area contributed by atoms with E-state index in [1.54, 1.807) is 20.8 Å². The van der Waals surface area contributed by atoms with Crippen LogP contribution in [-0.4, -0.2) is 77.0 Å². The van der Waals surface area contributed by atoms with Crippen LogP contribution in [0.1, 0.15) is 31.7 Å². The maximum atomic E-state index is 13.3. The lowest BCUT2D eigenvalue weighted by molar-refractivity contribution is -0.769. The molecule has 0 radical (unpaired) electrons. The molecule has 0 aromatic heterocycles. The van der Waals surface area contributed by atoms with Crippen LogP contribution in [0, 0.1) is 10.1 Å². The van der Waals surface area contributed by atoms with Gasteiger partial charge in [-0.15, -0.1) is 21.9 Å². The zero-order valence-corrected chi connectivity index (χ0v) is 19.4. The Labute approximate surface area is 195 Å². The van der Waals surface area contributed by atoms with Crippen LogP contribution in [0.15, 0.2) is 30.3 Å². The normalized spacial score (nSPS) is 31.2. The second-order valence-electron chi connectivity index (χ2n) is 9.08. The Bertz CT molecular complexity index is 895. The number of carbonyl (C=O) groups excluding carboxylic acids is 2. The van der Waals surface area contributed by atoms with E-state index in [-0.39, 0.29) is 24.5 Å². The highest BCUT2D eigenvalue weighted by molar-refractivity contribution is 7.99. The van der Waals surface area contributed by atoms with Crippen molar-refractivity contribution in [1.29, 1.82) is 0 Å². The van der Waals surface area contributed by atoms with Crippen LogP contribution in [0.4, 0.5) is 4.79 Å². The predicted molar refractivity (Wildman–Crippen MR) is 117 cm³/mol. The highest BCUT2D eigenvalue weighted by Gasteiger charge is 2.51. The summed E-state index contributed by atoms with van der Waals surface area (Å²) in [6.07, 6.45) is -2.61. The van der Waals surface area contributed by atoms with E-state index in [0.29, 0.717) is 5.75 Å². The number of nitrogens with one attached hydrogen (secondary N) is 1. The minimum Gasteiger partial charge on any atom is -0.444 e. The number of ether oxygens (including phenoxy) is 3. The molecule has 1 N–H and O–H groups in total. The smallest absolute Gasteiger partial charge is 0.412 e. The maximum absolute atomic E-state index is 13.3. The summed E-state index contributed by atoms with van der Waals surface area (Å²) in [5, 5.41) is 12.3. The van der Waals surface area contributed by atoms with E-state index in [2.05, 4.69) is 10.2 Å². The summed E-state index contributed by atoms with van der Waals surface area (Å²) in [5.41, 5.74) is 0.176. The number of amides is 2. The molecular formula is C21H27N3O8S. The third-order valence-corrected chi connectivity index (χ3v) is 6.87. The first-order valence-electron chi connectivity index (χ1n) is 10.7. The average Bonchev–Trinajstić information content (AvgIpc) is 3.44. The second-order valence-corrected chi connectivity index (χ2v) is 10.2. The molecule has 33 heavy (non-hydrogen) atoms. The van der Waals surface area contributed by atoms with Gasteiger partial charge in [0.05, 0.1) is 19.3 Å². The zero-order chi connectivity index (χ0) is 23.8. The summed E-state index contributed by atoms with van der Waals surface area (Å²) in [5.74, 6) is 0.0310. The Balaban J connectivity index is 1.48. The molecule has 0 saturated carbocycles. The van der Waals surface area contributed by atoms with Gasteiger partial charge in [0.1, 0.15) is 29.2 Å². The quantitative estimate of drug-likeness (QED) is 0.495. The van der Waals surface area contributed by atoms with Gasteiger partial charge in [-0.1, -0.05) is 30.3 Å². The van der Waals surface area contributed by atoms with Crippen molar-refractivity contribution in [2.24, 2.45) is 0 Å². The lowest BCUT2D eigenvalue weighted by atomic mass is 10.1. The summed E-state index contributed by atoms with van der Waals surface area (Å²) >= 11 is 1.49. The number of thioether (sulfide) groups is 1. The first-order valence-corrected chi connectivity index (χ1v) is 11.7. The molecular weight excluding hydrogens is 454 g/mol. The predicted octanol–water partition coefficient (Wildman–Crippen LogP) is 1.90. The van der Waals surface area contributed by atoms with Crippen molar-refractivity contribution >= 4 is 23.8 Å². The molecule has 4 rings (SSSR count). The van der Waals surface area contributed by atoms with E-state index in [4.69, 9.17) is 14.2 Å². The fourth-order valence-electron chi connectivity index (χ4n) is 4.19. The number of hydrogen-bond donors (Lipinski definition) is 1. The third kappa shape index (κ3) is 5.17. The lowest BCUT2D eigenvalue weighted by Gasteiger charge is -2.32. The molecule has 1 aromatic carbocycles. The molecule has 0 spiro atoms. The highest BCUT2D eigenvalue weighted by Crippen LogP contribution is 2.42. The second kappa shape index (κ2) is 9.35. The Morgan fingerprint density at radius 3 is 2.55 bits per heavy atom. The van der Waals surface area contributed by atoms with Crippen molar-refractivity contribution in [2.45, 2.75) is 62.1 Å². The van der Waals surface area contributed by atoms with E-state index in [1.807, 2.05) is 30.3 Å². The number of rotatable bonds is 5. The molecule has 0 unspecified atom stereocenters. The monoisotopic (exact) mass is 481 g/mol. The summed E-state index contributed by atoms with van der Waals surface area (Å²) in [7, 11) is 0. The van der Waals surface area contributed by atoms with Gasteiger partial charge in [-0.2, -0.15) is 0 Å². The van der Waals surface area contributed by atoms with Crippen LogP contribution in [0.3, 0.4) is 0 Å². The van der Waals surface area contributed by atoms with Crippen LogP contribution >= 0.6 is 11.8 Å². The molecule has 3 fully saturated rings. The zero-order valence-electron chi connectivity index (χ0n) is 18.5. The maximum Gasteiger partial charge on any atom is 0.412 e. The average molecular weight is 482 g/mol. The van der Waals surface area contributed by atoms with Gasteiger partial charge in [0, 0.05) is 5.75 Å². The van der Waals surface area contributed by atoms with Gasteiger partial charge in [-0.3, -0.25) is 9.69 Å². The van der Waals surface area contributed by atoms with Crippen molar-refractivity contribution in [1.82, 2.24) is 10.2 Å². The van der Waals surface area contributed by atoms with Crippen LogP contribution in [-0.2, 0) is 23.8 Å². The van der Waals surface area contributed by atoms with E-state index in [0.717, 1.165) is 5.56 Å². The molecule has 0 aliphatic carbocycles. The first-order chi connectivity index (χ1) is 15.6. The Morgan fingerprint density at radius 1 is 1.18 bits per heavy atom. The van der Waals surface area contributed by atoms with E-state index >= 15 is 0 Å². The van der Waals surface area contributed by atoms with Gasteiger partial charge in [0.2, 0.25) is 5.91 Å². The largest absolute Gasteiger partial charge is 0.444 e. The van der Waals surface area contributed by atoms with Crippen LogP contribution in [0.25, 0.3) is 0 Å². The molecule has 180 valence electrons. The lowest BCUT2D eigenvalue weighted by Crippen LogP contribution is -2.54. The third-order valence-electron chi connectivity index (χ3n) is 5.55. The Morgan fingerprint density at radius 2 is 1.88 bits per heavy atom. The number of hydrogen-bond acceptors (Lipinski definition) is 9. The van der Waals surface area contributed by atoms with Gasteiger partial charge in [-0.25, -0.2) is 4.79 Å². The summed E-state index contributed by atoms with van der Waals surface area (Å²) in [4.78, 5) is 43.2. The molecule has 0 bridgehead atoms. The minimum absolute atomic E-state index is 0.00206. The minimum atomic E-state index is -0.871. The standard InChI is InChI=1S/C21H27N3O8S/c1-21(2,3)31-20(26)23-14(11-33-19(23)12-7-5-4-6-8-12)18(25)22-13-9-29-17-15(32-24(27)28)10-30-16(13)17/h4-8,13-17,19H,9-11H2,1-3H3,(H,22,25)/t13-,14-,15-,16+,17+,19+/m0/s1. The summed E-state index contributed by atoms with van der Waals surface area (Å²) in [6.45, 7) is 5.46. The van der Waals surface area contributed by atoms with Crippen LogP contribution in [0.5, 0.6) is 0 Å². The molecule has 6 atom stereocenters. The number of benzene rings is 1. The molecule has 1 aromatic rings. The summed E-state index contributed by atoms with van der Waals surface area (Å²) < 4.78 is 16.8. The molecule has 3 heterocycles. The fourth-order valence-corrected chi connectivity index (χ4v) is 5.61. The van der Waals surface area contributed by atoms with Gasteiger partial charge in [-0.05, 0) is 26.3 Å². The molecule has 11 nitrogen and oxygen atoms in total. The molecule has 12 heteroatoms. The Kier molecular flexibility index (Phi) is 6.68. The van der Waals surface area contributed by atoms with Crippen molar-refractivity contribution in [3.63, 3.8) is 0 Å². The molecule has 2 amide bonds. The van der Waals surface area contributed by atoms with E-state index in [9.17, 15) is 19.7 Å². The van der Waals surface area contributed by atoms with Gasteiger partial charge >= 0.3 is 6.09 Å². The van der Waals surface area contributed by atoms with E-state index in [1.165, 1.54) is 16.7 Å². The van der Waals surface area contributed by atoms with Crippen molar-refractivity contribution in [3.05, 3.63) is 46.0 Å². The fraction of sp³-hybridized carbons (Fsp3) is 0.619. The molecule has 3 aliphatic heterocycles. The Hall–Kier alpha value is -2.57. The van der Waals surface area contributed by atoms with Gasteiger partial charge in [0.15, 0.2) is 6.10 Å². The van der Waals surface area contributed by atoms with Crippen LogP contribution in [0.2, 0.25) is 0 Å². The highest BCUT2D eigenvalue weighted by atomic mass is 32.2. The van der Waals surface area contributed by atoms with Gasteiger partial charge in [0.25, 0.3) is 5.09 Å². The molecule has 3 saturated heterocycles. The first kappa shape index (κ1) is 23.6. The number of carbonyl (C=O) groups is 2. The SMILES string of the molecule is CC(C)(C)OC(=O)N1[C@@H](c2ccccc2)SC[C@H]1C(=O)N[C@H]1CO[C@H]2[C@@H]1OC[C@@H]2O[N+](=O)[O-]. The van der Waals surface area contributed by atoms with Crippen molar-refractivity contribution in [2.75, 3.05) is 19.0 Å². The number of nitrogens with zero attached hydrogens (tertiary/aromatic N) is 2. The van der Waals surface area contributed by atoms with Crippen LogP contribution < -0.4 is 5.32 Å². The topological polar surface area (TPSA) is 129 Å². The molecule has 3 aliphatic rings. The van der Waals surface area contributed by atoms with Crippen molar-refractivity contribution in [3.8, 4) is 0 Å². The number of fused-ring (bicyclic) bond motifs is 1.